The number of nitrogens with zero attached hydrogens (tertiary/aromatic N) is 5. The molecule has 0 bridgehead atoms. The molecule has 7 heteroatoms. The molecule has 0 aliphatic heterocycles. The summed E-state index contributed by atoms with van der Waals surface area (Å²) in [4.78, 5) is 0. The first-order valence-corrected chi connectivity index (χ1v) is 10.2. The highest BCUT2D eigenvalue weighted by molar-refractivity contribution is 7.99. The topological polar surface area (TPSA) is 78.3 Å². The lowest BCUT2D eigenvalue weighted by atomic mass is 10.1. The van der Waals surface area contributed by atoms with Gasteiger partial charge in [-0.25, -0.2) is 0 Å². The van der Waals surface area contributed by atoms with Crippen LogP contribution in [0.1, 0.15) is 44.6 Å². The summed E-state index contributed by atoms with van der Waals surface area (Å²) in [6.07, 6.45) is 5.63. The van der Waals surface area contributed by atoms with Crippen molar-refractivity contribution in [3.05, 3.63) is 29.3 Å². The third-order valence-corrected chi connectivity index (χ3v) is 6.11. The summed E-state index contributed by atoms with van der Waals surface area (Å²) < 4.78 is 2.21. The Kier molecular flexibility index (Phi) is 6.55. The fourth-order valence-electron chi connectivity index (χ4n) is 3.29. The van der Waals surface area contributed by atoms with Crippen LogP contribution in [0.5, 0.6) is 0 Å². The normalized spacial score (nSPS) is 15.5. The van der Waals surface area contributed by atoms with Crippen molar-refractivity contribution < 1.29 is 0 Å². The number of nitriles is 2. The van der Waals surface area contributed by atoms with Gasteiger partial charge in [0.2, 0.25) is 0 Å². The fraction of sp³-hybridized carbons (Fsp3) is 0.474. The van der Waals surface area contributed by atoms with Gasteiger partial charge in [-0.2, -0.15) is 10.5 Å². The third-order valence-electron chi connectivity index (χ3n) is 4.67. The van der Waals surface area contributed by atoms with Gasteiger partial charge in [0.25, 0.3) is 0 Å². The molecule has 0 saturated heterocycles. The number of benzene rings is 1. The Balaban J connectivity index is 1.87. The average molecular weight is 386 g/mol. The molecule has 0 N–H and O–H groups in total. The summed E-state index contributed by atoms with van der Waals surface area (Å²) in [5.74, 6) is 1.26. The number of thioether (sulfide) groups is 1. The summed E-state index contributed by atoms with van der Waals surface area (Å²) in [7, 11) is 0. The summed E-state index contributed by atoms with van der Waals surface area (Å²) >= 11 is 7.95. The van der Waals surface area contributed by atoms with Gasteiger partial charge in [0.15, 0.2) is 11.0 Å². The Hall–Kier alpha value is -2.02. The van der Waals surface area contributed by atoms with Crippen molar-refractivity contribution in [2.45, 2.75) is 49.7 Å². The van der Waals surface area contributed by atoms with Gasteiger partial charge in [-0.15, -0.1) is 10.2 Å². The SMILES string of the molecule is N#CCC[C@H](C#N)CSc1nnc(-c2ccccc2Cl)n1C1CCCC1. The Morgan fingerprint density at radius 3 is 2.69 bits per heavy atom. The van der Waals surface area contributed by atoms with E-state index in [1.165, 1.54) is 12.8 Å². The van der Waals surface area contributed by atoms with E-state index in [1.54, 1.807) is 11.8 Å². The molecule has 1 heterocycles. The summed E-state index contributed by atoms with van der Waals surface area (Å²) in [6.45, 7) is 0. The van der Waals surface area contributed by atoms with E-state index in [2.05, 4.69) is 26.9 Å². The van der Waals surface area contributed by atoms with Crippen LogP contribution < -0.4 is 0 Å². The maximum Gasteiger partial charge on any atom is 0.191 e. The van der Waals surface area contributed by atoms with Gasteiger partial charge in [0.05, 0.1) is 23.1 Å². The van der Waals surface area contributed by atoms with Crippen LogP contribution in [0.15, 0.2) is 29.4 Å². The molecule has 0 radical (unpaired) electrons. The first-order valence-electron chi connectivity index (χ1n) is 8.83. The highest BCUT2D eigenvalue weighted by atomic mass is 35.5. The maximum absolute atomic E-state index is 9.30. The molecule has 26 heavy (non-hydrogen) atoms. The van der Waals surface area contributed by atoms with E-state index in [4.69, 9.17) is 16.9 Å². The molecule has 2 aromatic rings. The summed E-state index contributed by atoms with van der Waals surface area (Å²) in [5, 5.41) is 28.4. The molecule has 1 aromatic heterocycles. The molecule has 1 saturated carbocycles. The number of hydrogen-bond acceptors (Lipinski definition) is 5. The van der Waals surface area contributed by atoms with E-state index in [0.717, 1.165) is 29.4 Å². The van der Waals surface area contributed by atoms with Crippen LogP contribution in [0.3, 0.4) is 0 Å². The second-order valence-corrected chi connectivity index (χ2v) is 7.82. The molecule has 0 amide bonds. The lowest BCUT2D eigenvalue weighted by Gasteiger charge is -2.17. The van der Waals surface area contributed by atoms with Crippen molar-refractivity contribution in [3.63, 3.8) is 0 Å². The van der Waals surface area contributed by atoms with Gasteiger partial charge in [-0.1, -0.05) is 48.3 Å². The molecule has 1 fully saturated rings. The molecule has 1 atom stereocenters. The first kappa shape index (κ1) is 18.8. The highest BCUT2D eigenvalue weighted by Gasteiger charge is 2.26. The Labute approximate surface area is 163 Å². The van der Waals surface area contributed by atoms with E-state index in [0.29, 0.717) is 29.7 Å². The number of aromatic nitrogens is 3. The molecular weight excluding hydrogens is 366 g/mol. The Bertz CT molecular complexity index is 829. The van der Waals surface area contributed by atoms with Crippen molar-refractivity contribution in [2.24, 2.45) is 5.92 Å². The van der Waals surface area contributed by atoms with Crippen LogP contribution in [-0.2, 0) is 0 Å². The van der Waals surface area contributed by atoms with Gasteiger partial charge in [-0.3, -0.25) is 4.57 Å². The van der Waals surface area contributed by atoms with Crippen LogP contribution in [0.2, 0.25) is 5.02 Å². The minimum absolute atomic E-state index is 0.155. The number of rotatable bonds is 7. The second kappa shape index (κ2) is 9.07. The molecule has 1 aliphatic carbocycles. The van der Waals surface area contributed by atoms with E-state index in [1.807, 2.05) is 24.3 Å². The quantitative estimate of drug-likeness (QED) is 0.608. The minimum Gasteiger partial charge on any atom is -0.299 e. The highest BCUT2D eigenvalue weighted by Crippen LogP contribution is 2.38. The van der Waals surface area contributed by atoms with E-state index in [9.17, 15) is 5.26 Å². The third kappa shape index (κ3) is 4.20. The van der Waals surface area contributed by atoms with Crippen molar-refractivity contribution in [3.8, 4) is 23.5 Å². The molecular formula is C19H20ClN5S. The van der Waals surface area contributed by atoms with Crippen LogP contribution >= 0.6 is 23.4 Å². The summed E-state index contributed by atoms with van der Waals surface area (Å²) in [5.41, 5.74) is 0.890. The predicted molar refractivity (Wildman–Crippen MR) is 103 cm³/mol. The van der Waals surface area contributed by atoms with Crippen molar-refractivity contribution in [2.75, 3.05) is 5.75 Å². The molecule has 0 unspecified atom stereocenters. The Morgan fingerprint density at radius 1 is 1.23 bits per heavy atom. The zero-order valence-corrected chi connectivity index (χ0v) is 16.0. The second-order valence-electron chi connectivity index (χ2n) is 6.43. The van der Waals surface area contributed by atoms with Gasteiger partial charge < -0.3 is 0 Å². The number of hydrogen-bond donors (Lipinski definition) is 0. The molecule has 5 nitrogen and oxygen atoms in total. The standard InChI is InChI=1S/C19H20ClN5S/c20-17-10-4-3-9-16(17)18-23-24-19(25(18)15-7-1-2-8-15)26-13-14(12-22)6-5-11-21/h3-4,9-10,14-15H,1-2,5-8,13H2/t14-/m1/s1. The van der Waals surface area contributed by atoms with Gasteiger partial charge in [-0.05, 0) is 31.4 Å². The van der Waals surface area contributed by atoms with Gasteiger partial charge >= 0.3 is 0 Å². The monoisotopic (exact) mass is 385 g/mol. The lowest BCUT2D eigenvalue weighted by Crippen LogP contribution is -2.10. The molecule has 1 aromatic carbocycles. The summed E-state index contributed by atoms with van der Waals surface area (Å²) in [6, 6.07) is 12.5. The first-order chi connectivity index (χ1) is 12.7. The van der Waals surface area contributed by atoms with E-state index < -0.39 is 0 Å². The molecule has 1 aliphatic rings. The van der Waals surface area contributed by atoms with Crippen LogP contribution in [0.4, 0.5) is 0 Å². The Morgan fingerprint density at radius 2 is 2.00 bits per heavy atom. The lowest BCUT2D eigenvalue weighted by molar-refractivity contribution is 0.485. The zero-order valence-electron chi connectivity index (χ0n) is 14.4. The van der Waals surface area contributed by atoms with E-state index >= 15 is 0 Å². The van der Waals surface area contributed by atoms with Gasteiger partial charge in [0.1, 0.15) is 0 Å². The largest absolute Gasteiger partial charge is 0.299 e. The van der Waals surface area contributed by atoms with Crippen molar-refractivity contribution >= 4 is 23.4 Å². The van der Waals surface area contributed by atoms with E-state index in [-0.39, 0.29) is 5.92 Å². The van der Waals surface area contributed by atoms with Crippen LogP contribution in [0.25, 0.3) is 11.4 Å². The van der Waals surface area contributed by atoms with Crippen LogP contribution in [-0.4, -0.2) is 20.5 Å². The predicted octanol–water partition coefficient (Wildman–Crippen LogP) is 5.25. The maximum atomic E-state index is 9.30. The van der Waals surface area contributed by atoms with Crippen LogP contribution in [0, 0.1) is 28.6 Å². The number of halogens is 1. The van der Waals surface area contributed by atoms with Crippen molar-refractivity contribution in [1.82, 2.24) is 14.8 Å². The zero-order chi connectivity index (χ0) is 18.4. The smallest absolute Gasteiger partial charge is 0.191 e. The fourth-order valence-corrected chi connectivity index (χ4v) is 4.58. The average Bonchev–Trinajstić information content (AvgIpc) is 3.31. The molecule has 3 rings (SSSR count). The minimum atomic E-state index is -0.155. The van der Waals surface area contributed by atoms with Gasteiger partial charge in [0, 0.05) is 23.8 Å². The molecule has 134 valence electrons. The van der Waals surface area contributed by atoms with Crippen molar-refractivity contribution in [1.29, 1.82) is 10.5 Å². The molecule has 0 spiro atoms.